The van der Waals surface area contributed by atoms with Gasteiger partial charge >= 0.3 is 5.97 Å². The first-order valence-electron chi connectivity index (χ1n) is 6.71. The van der Waals surface area contributed by atoms with Gasteiger partial charge in [0.15, 0.2) is 16.5 Å². The molecule has 0 unspecified atom stereocenters. The van der Waals surface area contributed by atoms with E-state index in [1.165, 1.54) is 24.4 Å². The lowest BCUT2D eigenvalue weighted by Crippen LogP contribution is -2.33. The third-order valence-corrected chi connectivity index (χ3v) is 4.73. The molecule has 124 valence electrons. The molecular weight excluding hydrogens is 339 g/mol. The zero-order valence-electron chi connectivity index (χ0n) is 12.0. The fraction of sp³-hybridized carbons (Fsp3) is 0.0667. The maximum absolute atomic E-state index is 12.9. The second kappa shape index (κ2) is 5.60. The lowest BCUT2D eigenvalue weighted by molar-refractivity contribution is -0.132. The number of halogens is 1. The first-order chi connectivity index (χ1) is 11.3. The minimum absolute atomic E-state index is 0.189. The Hall–Kier alpha value is -2.94. The molecule has 24 heavy (non-hydrogen) atoms. The molecule has 0 bridgehead atoms. The number of carbonyl (C=O) groups is 1. The number of nitrogens with one attached hydrogen (secondary N) is 1. The molecule has 7 nitrogen and oxygen atoms in total. The Bertz CT molecular complexity index is 968. The minimum atomic E-state index is -4.17. The van der Waals surface area contributed by atoms with Crippen molar-refractivity contribution in [1.29, 1.82) is 0 Å². The molecule has 0 saturated carbocycles. The number of aliphatic carboxylic acids is 1. The number of rotatable bonds is 3. The molecule has 0 saturated heterocycles. The van der Waals surface area contributed by atoms with Gasteiger partial charge in [0.25, 0.3) is 10.0 Å². The average Bonchev–Trinajstić information content (AvgIpc) is 2.53. The number of pyridine rings is 1. The summed E-state index contributed by atoms with van der Waals surface area (Å²) in [5.41, 5.74) is 0.264. The molecule has 1 aliphatic rings. The summed E-state index contributed by atoms with van der Waals surface area (Å²) in [7, 11) is -4.17. The molecule has 1 aliphatic heterocycles. The van der Waals surface area contributed by atoms with Crippen molar-refractivity contribution < 1.29 is 27.8 Å². The average molecular weight is 350 g/mol. The van der Waals surface area contributed by atoms with Gasteiger partial charge < -0.3 is 10.2 Å². The topological polar surface area (TPSA) is 117 Å². The van der Waals surface area contributed by atoms with Crippen LogP contribution in [-0.2, 0) is 21.2 Å². The lowest BCUT2D eigenvalue weighted by atomic mass is 10.0. The molecule has 0 spiro atoms. The fourth-order valence-electron chi connectivity index (χ4n) is 2.32. The van der Waals surface area contributed by atoms with Crippen molar-refractivity contribution in [3.63, 3.8) is 0 Å². The number of sulfonamides is 1. The van der Waals surface area contributed by atoms with Crippen LogP contribution in [0.1, 0.15) is 16.7 Å². The maximum Gasteiger partial charge on any atom is 0.356 e. The molecule has 3 N–H and O–H groups in total. The number of fused-ring (bicyclic) bond motifs is 1. The molecule has 2 heterocycles. The number of hydrogen-bond acceptors (Lipinski definition) is 5. The number of carboxylic acids is 1. The summed E-state index contributed by atoms with van der Waals surface area (Å²) in [5.74, 6) is -2.70. The van der Waals surface area contributed by atoms with Gasteiger partial charge in [-0.15, -0.1) is 0 Å². The summed E-state index contributed by atoms with van der Waals surface area (Å²) in [5, 5.41) is 18.6. The number of nitrogens with zero attached hydrogens (tertiary/aromatic N) is 1. The van der Waals surface area contributed by atoms with Crippen LogP contribution in [0.5, 0.6) is 0 Å². The Morgan fingerprint density at radius 2 is 1.88 bits per heavy atom. The highest BCUT2D eigenvalue weighted by Crippen LogP contribution is 2.28. The van der Waals surface area contributed by atoms with E-state index in [0.29, 0.717) is 12.0 Å². The number of hydrogen-bond donors (Lipinski definition) is 3. The minimum Gasteiger partial charge on any atom is -0.505 e. The van der Waals surface area contributed by atoms with E-state index in [-0.39, 0.29) is 11.4 Å². The third-order valence-electron chi connectivity index (χ3n) is 3.43. The van der Waals surface area contributed by atoms with E-state index in [2.05, 4.69) is 4.98 Å². The number of benzene rings is 1. The van der Waals surface area contributed by atoms with E-state index < -0.39 is 32.5 Å². The summed E-state index contributed by atoms with van der Waals surface area (Å²) in [6.45, 7) is 0. The predicted octanol–water partition coefficient (Wildman–Crippen LogP) is 1.41. The van der Waals surface area contributed by atoms with Crippen LogP contribution in [-0.4, -0.2) is 29.6 Å². The van der Waals surface area contributed by atoms with E-state index in [1.807, 2.05) is 0 Å². The predicted molar refractivity (Wildman–Crippen MR) is 80.9 cm³/mol. The summed E-state index contributed by atoms with van der Waals surface area (Å²) in [6.07, 6.45) is 1.62. The molecule has 0 fully saturated rings. The van der Waals surface area contributed by atoms with E-state index in [0.717, 1.165) is 5.56 Å². The number of aliphatic hydroxyl groups is 1. The highest BCUT2D eigenvalue weighted by Gasteiger charge is 2.34. The van der Waals surface area contributed by atoms with Crippen molar-refractivity contribution in [3.8, 4) is 0 Å². The molecule has 2 aromatic rings. The van der Waals surface area contributed by atoms with Crippen molar-refractivity contribution in [2.75, 3.05) is 0 Å². The second-order valence-electron chi connectivity index (χ2n) is 5.13. The van der Waals surface area contributed by atoms with Crippen molar-refractivity contribution >= 4 is 21.8 Å². The van der Waals surface area contributed by atoms with Gasteiger partial charge in [0.1, 0.15) is 5.82 Å². The number of aliphatic hydroxyl groups excluding tert-OH is 1. The molecule has 0 amide bonds. The van der Waals surface area contributed by atoms with E-state index in [4.69, 9.17) is 5.11 Å². The zero-order chi connectivity index (χ0) is 17.5. The lowest BCUT2D eigenvalue weighted by Gasteiger charge is -2.19. The van der Waals surface area contributed by atoms with Crippen LogP contribution in [0.15, 0.2) is 47.3 Å². The van der Waals surface area contributed by atoms with Crippen LogP contribution >= 0.6 is 0 Å². The van der Waals surface area contributed by atoms with Crippen LogP contribution in [0.4, 0.5) is 4.39 Å². The maximum atomic E-state index is 12.9. The van der Waals surface area contributed by atoms with Crippen LogP contribution in [0.25, 0.3) is 5.76 Å². The molecule has 1 aromatic carbocycles. The Morgan fingerprint density at radius 1 is 1.21 bits per heavy atom. The zero-order valence-corrected chi connectivity index (χ0v) is 12.8. The first kappa shape index (κ1) is 15.9. The Morgan fingerprint density at radius 3 is 2.50 bits per heavy atom. The highest BCUT2D eigenvalue weighted by molar-refractivity contribution is 7.89. The van der Waals surface area contributed by atoms with Gasteiger partial charge in [-0.05, 0) is 35.7 Å². The molecular formula is C15H11FN2O5S. The second-order valence-corrected chi connectivity index (χ2v) is 6.73. The largest absolute Gasteiger partial charge is 0.505 e. The van der Waals surface area contributed by atoms with Crippen molar-refractivity contribution in [2.24, 2.45) is 0 Å². The van der Waals surface area contributed by atoms with Crippen molar-refractivity contribution in [1.82, 2.24) is 9.71 Å². The molecule has 3 rings (SSSR count). The van der Waals surface area contributed by atoms with E-state index in [1.54, 1.807) is 16.9 Å². The fourth-order valence-corrected chi connectivity index (χ4v) is 3.51. The SMILES string of the molecule is O=C(O)C1=C(O)c2cc(Cc3ccc(F)cc3)cnc2S(=O)(=O)N1. The van der Waals surface area contributed by atoms with Gasteiger partial charge in [0.2, 0.25) is 0 Å². The monoisotopic (exact) mass is 350 g/mol. The standard InChI is InChI=1S/C15H11FN2O5S/c16-10-3-1-8(2-4-10)5-9-6-11-13(19)12(15(20)21)18-24(22,23)14(11)17-7-9/h1-4,6-7,18-19H,5H2,(H,20,21). The van der Waals surface area contributed by atoms with Crippen LogP contribution in [0.2, 0.25) is 0 Å². The summed E-state index contributed by atoms with van der Waals surface area (Å²) in [6, 6.07) is 7.05. The Balaban J connectivity index is 2.07. The third kappa shape index (κ3) is 2.81. The van der Waals surface area contributed by atoms with Gasteiger partial charge in [-0.25, -0.2) is 14.2 Å². The molecule has 0 radical (unpaired) electrons. The smallest absolute Gasteiger partial charge is 0.356 e. The quantitative estimate of drug-likeness (QED) is 0.771. The summed E-state index contributed by atoms with van der Waals surface area (Å²) < 4.78 is 38.7. The molecule has 0 aliphatic carbocycles. The molecule has 0 atom stereocenters. The number of aromatic nitrogens is 1. The Kier molecular flexibility index (Phi) is 3.72. The van der Waals surface area contributed by atoms with Crippen LogP contribution in [0.3, 0.4) is 0 Å². The molecule has 9 heteroatoms. The summed E-state index contributed by atoms with van der Waals surface area (Å²) >= 11 is 0. The molecule has 1 aromatic heterocycles. The first-order valence-corrected chi connectivity index (χ1v) is 8.19. The van der Waals surface area contributed by atoms with Crippen LogP contribution in [0, 0.1) is 5.82 Å². The Labute approximate surface area is 136 Å². The van der Waals surface area contributed by atoms with Crippen molar-refractivity contribution in [2.45, 2.75) is 11.4 Å². The van der Waals surface area contributed by atoms with Crippen LogP contribution < -0.4 is 4.72 Å². The van der Waals surface area contributed by atoms with Gasteiger partial charge in [-0.3, -0.25) is 4.72 Å². The normalized spacial score (nSPS) is 15.5. The van der Waals surface area contributed by atoms with Gasteiger partial charge in [-0.2, -0.15) is 8.42 Å². The summed E-state index contributed by atoms with van der Waals surface area (Å²) in [4.78, 5) is 14.9. The van der Waals surface area contributed by atoms with E-state index in [9.17, 15) is 22.7 Å². The van der Waals surface area contributed by atoms with Crippen molar-refractivity contribution in [3.05, 3.63) is 64.7 Å². The van der Waals surface area contributed by atoms with Gasteiger partial charge in [0, 0.05) is 6.20 Å². The van der Waals surface area contributed by atoms with Gasteiger partial charge in [-0.1, -0.05) is 12.1 Å². The van der Waals surface area contributed by atoms with Gasteiger partial charge in [0.05, 0.1) is 5.56 Å². The van der Waals surface area contributed by atoms with E-state index >= 15 is 0 Å². The number of carboxylic acid groups (broad SMARTS) is 1. The highest BCUT2D eigenvalue weighted by atomic mass is 32.2.